The van der Waals surface area contributed by atoms with E-state index in [1.807, 2.05) is 7.05 Å². The summed E-state index contributed by atoms with van der Waals surface area (Å²) in [5, 5.41) is 10.3. The van der Waals surface area contributed by atoms with Gasteiger partial charge in [-0.3, -0.25) is 0 Å². The van der Waals surface area contributed by atoms with Crippen molar-refractivity contribution in [1.82, 2.24) is 4.98 Å². The number of thiazole rings is 1. The molecule has 1 aromatic carbocycles. The number of nitrogens with zero attached hydrogens (tertiary/aromatic N) is 2. The molecule has 0 spiro atoms. The van der Waals surface area contributed by atoms with E-state index in [1.165, 1.54) is 11.1 Å². The molecule has 4 heteroatoms. The molecule has 0 radical (unpaired) electrons. The molecule has 19 heavy (non-hydrogen) atoms. The topological polar surface area (TPSA) is 36.4 Å². The highest BCUT2D eigenvalue weighted by atomic mass is 32.1. The number of hydrogen-bond acceptors (Lipinski definition) is 4. The highest BCUT2D eigenvalue weighted by Crippen LogP contribution is 2.27. The third-order valence-electron chi connectivity index (χ3n) is 3.07. The minimum absolute atomic E-state index is 0.0825. The van der Waals surface area contributed by atoms with Gasteiger partial charge in [0.15, 0.2) is 5.13 Å². The molecule has 0 unspecified atom stereocenters. The quantitative estimate of drug-likeness (QED) is 0.911. The Hall–Kier alpha value is -1.39. The van der Waals surface area contributed by atoms with Crippen molar-refractivity contribution in [2.75, 3.05) is 11.9 Å². The number of benzene rings is 1. The maximum absolute atomic E-state index is 9.32. The van der Waals surface area contributed by atoms with Gasteiger partial charge in [-0.05, 0) is 18.9 Å². The number of rotatable bonds is 5. The zero-order chi connectivity index (χ0) is 13.8. The second kappa shape index (κ2) is 6.17. The van der Waals surface area contributed by atoms with Gasteiger partial charge in [0.1, 0.15) is 0 Å². The van der Waals surface area contributed by atoms with E-state index in [1.54, 1.807) is 11.3 Å². The Balaban J connectivity index is 2.15. The van der Waals surface area contributed by atoms with Crippen LogP contribution in [0.15, 0.2) is 24.3 Å². The Morgan fingerprint density at radius 1 is 1.37 bits per heavy atom. The summed E-state index contributed by atoms with van der Waals surface area (Å²) in [4.78, 5) is 7.72. The van der Waals surface area contributed by atoms with E-state index in [9.17, 15) is 5.11 Å². The maximum Gasteiger partial charge on any atom is 0.185 e. The molecule has 2 rings (SSSR count). The first-order valence-electron chi connectivity index (χ1n) is 6.50. The van der Waals surface area contributed by atoms with Crippen molar-refractivity contribution in [3.63, 3.8) is 0 Å². The van der Waals surface area contributed by atoms with Crippen LogP contribution in [0.25, 0.3) is 0 Å². The van der Waals surface area contributed by atoms with Crippen LogP contribution in [0.2, 0.25) is 0 Å². The van der Waals surface area contributed by atoms with Gasteiger partial charge in [0.25, 0.3) is 0 Å². The van der Waals surface area contributed by atoms with Crippen molar-refractivity contribution in [2.24, 2.45) is 0 Å². The predicted octanol–water partition coefficient (Wildman–Crippen LogP) is 3.14. The van der Waals surface area contributed by atoms with Crippen molar-refractivity contribution >= 4 is 16.5 Å². The van der Waals surface area contributed by atoms with E-state index in [-0.39, 0.29) is 6.61 Å². The van der Waals surface area contributed by atoms with Crippen LogP contribution in [0, 0.1) is 6.92 Å². The van der Waals surface area contributed by atoms with Gasteiger partial charge in [-0.15, -0.1) is 0 Å². The van der Waals surface area contributed by atoms with Crippen molar-refractivity contribution < 1.29 is 5.11 Å². The SMILES string of the molecule is CCc1nc(N(C)Cc2cccc(C)c2)sc1CO. The van der Waals surface area contributed by atoms with Crippen LogP contribution in [0.1, 0.15) is 28.6 Å². The van der Waals surface area contributed by atoms with Gasteiger partial charge in [-0.1, -0.05) is 48.1 Å². The van der Waals surface area contributed by atoms with Gasteiger partial charge in [-0.25, -0.2) is 4.98 Å². The zero-order valence-electron chi connectivity index (χ0n) is 11.7. The third kappa shape index (κ3) is 3.33. The number of aliphatic hydroxyl groups excluding tert-OH is 1. The summed E-state index contributed by atoms with van der Waals surface area (Å²) in [7, 11) is 2.04. The average Bonchev–Trinajstić information content (AvgIpc) is 2.82. The van der Waals surface area contributed by atoms with Crippen LogP contribution >= 0.6 is 11.3 Å². The second-order valence-electron chi connectivity index (χ2n) is 4.72. The first-order chi connectivity index (χ1) is 9.13. The van der Waals surface area contributed by atoms with E-state index in [2.05, 4.69) is 48.0 Å². The second-order valence-corrected chi connectivity index (χ2v) is 5.79. The summed E-state index contributed by atoms with van der Waals surface area (Å²) < 4.78 is 0. The molecule has 3 nitrogen and oxygen atoms in total. The summed E-state index contributed by atoms with van der Waals surface area (Å²) in [6.07, 6.45) is 0.866. The summed E-state index contributed by atoms with van der Waals surface area (Å²) in [5.41, 5.74) is 3.57. The van der Waals surface area contributed by atoms with Crippen molar-refractivity contribution in [3.8, 4) is 0 Å². The van der Waals surface area contributed by atoms with Crippen LogP contribution in [-0.2, 0) is 19.6 Å². The smallest absolute Gasteiger partial charge is 0.185 e. The molecule has 2 aromatic rings. The number of aliphatic hydroxyl groups is 1. The van der Waals surface area contributed by atoms with Crippen LogP contribution in [0.5, 0.6) is 0 Å². The lowest BCUT2D eigenvalue weighted by atomic mass is 10.1. The molecular weight excluding hydrogens is 256 g/mol. The largest absolute Gasteiger partial charge is 0.391 e. The summed E-state index contributed by atoms with van der Waals surface area (Å²) in [6.45, 7) is 5.09. The van der Waals surface area contributed by atoms with Crippen molar-refractivity contribution in [1.29, 1.82) is 0 Å². The molecule has 0 aliphatic heterocycles. The Bertz CT molecular complexity index is 529. The van der Waals surface area contributed by atoms with Crippen LogP contribution in [0.3, 0.4) is 0 Å². The Kier molecular flexibility index (Phi) is 4.56. The highest BCUT2D eigenvalue weighted by molar-refractivity contribution is 7.15. The standard InChI is InChI=1S/C15H20N2OS/c1-4-13-14(10-18)19-15(16-13)17(3)9-12-7-5-6-11(2)8-12/h5-8,18H,4,9-10H2,1-3H3. The van der Waals surface area contributed by atoms with Crippen molar-refractivity contribution in [3.05, 3.63) is 46.0 Å². The van der Waals surface area contributed by atoms with E-state index in [0.29, 0.717) is 0 Å². The third-order valence-corrected chi connectivity index (χ3v) is 4.27. The van der Waals surface area contributed by atoms with Gasteiger partial charge < -0.3 is 10.0 Å². The van der Waals surface area contributed by atoms with E-state index >= 15 is 0 Å². The Morgan fingerprint density at radius 3 is 2.74 bits per heavy atom. The molecule has 0 atom stereocenters. The molecule has 1 aromatic heterocycles. The average molecular weight is 276 g/mol. The fourth-order valence-corrected chi connectivity index (χ4v) is 3.05. The number of aromatic nitrogens is 1. The number of anilines is 1. The molecule has 102 valence electrons. The monoisotopic (exact) mass is 276 g/mol. The van der Waals surface area contributed by atoms with E-state index < -0.39 is 0 Å². The van der Waals surface area contributed by atoms with Crippen LogP contribution in [0.4, 0.5) is 5.13 Å². The first kappa shape index (κ1) is 14.0. The molecule has 1 heterocycles. The lowest BCUT2D eigenvalue weighted by Crippen LogP contribution is -2.16. The summed E-state index contributed by atoms with van der Waals surface area (Å²) in [5.74, 6) is 0. The molecule has 0 aliphatic rings. The minimum Gasteiger partial charge on any atom is -0.391 e. The first-order valence-corrected chi connectivity index (χ1v) is 7.31. The maximum atomic E-state index is 9.32. The molecule has 0 amide bonds. The zero-order valence-corrected chi connectivity index (χ0v) is 12.5. The normalized spacial score (nSPS) is 10.7. The van der Waals surface area contributed by atoms with Crippen LogP contribution < -0.4 is 4.90 Å². The summed E-state index contributed by atoms with van der Waals surface area (Å²) in [6, 6.07) is 8.51. The summed E-state index contributed by atoms with van der Waals surface area (Å²) >= 11 is 1.58. The highest BCUT2D eigenvalue weighted by Gasteiger charge is 2.12. The molecule has 0 saturated heterocycles. The molecular formula is C15H20N2OS. The van der Waals surface area contributed by atoms with Crippen molar-refractivity contribution in [2.45, 2.75) is 33.4 Å². The van der Waals surface area contributed by atoms with Gasteiger partial charge in [-0.2, -0.15) is 0 Å². The van der Waals surface area contributed by atoms with Gasteiger partial charge >= 0.3 is 0 Å². The molecule has 0 bridgehead atoms. The molecule has 1 N–H and O–H groups in total. The predicted molar refractivity (Wildman–Crippen MR) is 80.7 cm³/mol. The molecule has 0 aliphatic carbocycles. The lowest BCUT2D eigenvalue weighted by molar-refractivity contribution is 0.284. The van der Waals surface area contributed by atoms with E-state index in [0.717, 1.165) is 28.7 Å². The fraction of sp³-hybridized carbons (Fsp3) is 0.400. The number of hydrogen-bond donors (Lipinski definition) is 1. The Labute approximate surface area is 118 Å². The van der Waals surface area contributed by atoms with Gasteiger partial charge in [0, 0.05) is 13.6 Å². The fourth-order valence-electron chi connectivity index (χ4n) is 2.08. The lowest BCUT2D eigenvalue weighted by Gasteiger charge is -2.16. The minimum atomic E-state index is 0.0825. The van der Waals surface area contributed by atoms with Gasteiger partial charge in [0.2, 0.25) is 0 Å². The molecule has 0 saturated carbocycles. The van der Waals surface area contributed by atoms with Crippen LogP contribution in [-0.4, -0.2) is 17.1 Å². The van der Waals surface area contributed by atoms with E-state index in [4.69, 9.17) is 0 Å². The Morgan fingerprint density at radius 2 is 2.16 bits per heavy atom. The molecule has 0 fully saturated rings. The van der Waals surface area contributed by atoms with Gasteiger partial charge in [0.05, 0.1) is 17.2 Å². The number of aryl methyl sites for hydroxylation is 2.